The number of hydrogen-bond acceptors (Lipinski definition) is 5. The second-order valence-electron chi connectivity index (χ2n) is 5.49. The van der Waals surface area contributed by atoms with E-state index in [1.54, 1.807) is 35.9 Å². The second kappa shape index (κ2) is 6.89. The van der Waals surface area contributed by atoms with E-state index in [9.17, 15) is 5.11 Å². The molecule has 3 N–H and O–H groups in total. The zero-order chi connectivity index (χ0) is 16.2. The molecule has 0 fully saturated rings. The second-order valence-corrected chi connectivity index (χ2v) is 6.52. The minimum Gasteiger partial charge on any atom is -0.508 e. The molecule has 0 radical (unpaired) electrons. The molecular formula is C18H19N3OS. The maximum atomic E-state index is 9.51. The third kappa shape index (κ3) is 3.41. The number of benzene rings is 1. The molecule has 1 atom stereocenters. The molecule has 0 amide bonds. The van der Waals surface area contributed by atoms with Gasteiger partial charge in [-0.15, -0.1) is 11.3 Å². The van der Waals surface area contributed by atoms with E-state index in [-0.39, 0.29) is 5.75 Å². The molecule has 3 aromatic rings. The molecule has 1 aromatic carbocycles. The lowest BCUT2D eigenvalue weighted by atomic mass is 10.0. The van der Waals surface area contributed by atoms with Gasteiger partial charge in [-0.05, 0) is 55.3 Å². The number of nitrogens with two attached hydrogens (primary N) is 1. The van der Waals surface area contributed by atoms with E-state index >= 15 is 0 Å². The van der Waals surface area contributed by atoms with Gasteiger partial charge in [0, 0.05) is 28.4 Å². The number of thiazole rings is 1. The van der Waals surface area contributed by atoms with Crippen molar-refractivity contribution in [3.63, 3.8) is 0 Å². The highest BCUT2D eigenvalue weighted by Crippen LogP contribution is 2.39. The summed E-state index contributed by atoms with van der Waals surface area (Å²) in [6, 6.07) is 11.1. The summed E-state index contributed by atoms with van der Waals surface area (Å²) in [6.45, 7) is 2.83. The third-order valence-electron chi connectivity index (χ3n) is 3.77. The maximum Gasteiger partial charge on any atom is 0.124 e. The van der Waals surface area contributed by atoms with Crippen LogP contribution in [0.3, 0.4) is 0 Å². The highest BCUT2D eigenvalue weighted by Gasteiger charge is 2.19. The van der Waals surface area contributed by atoms with E-state index in [1.807, 2.05) is 24.3 Å². The van der Waals surface area contributed by atoms with Crippen molar-refractivity contribution in [2.75, 3.05) is 6.54 Å². The lowest BCUT2D eigenvalue weighted by molar-refractivity contribution is 0.475. The Balaban J connectivity index is 2.08. The lowest BCUT2D eigenvalue weighted by Gasteiger charge is -2.10. The Morgan fingerprint density at radius 2 is 1.78 bits per heavy atom. The van der Waals surface area contributed by atoms with Crippen molar-refractivity contribution in [2.24, 2.45) is 5.73 Å². The normalized spacial score (nSPS) is 12.3. The van der Waals surface area contributed by atoms with Gasteiger partial charge in [-0.3, -0.25) is 4.98 Å². The Labute approximate surface area is 139 Å². The van der Waals surface area contributed by atoms with Crippen LogP contribution in [0.4, 0.5) is 0 Å². The number of rotatable bonds is 5. The molecule has 118 valence electrons. The molecule has 2 heterocycles. The Hall–Kier alpha value is -2.24. The van der Waals surface area contributed by atoms with Crippen molar-refractivity contribution < 1.29 is 5.11 Å². The topological polar surface area (TPSA) is 72.0 Å². The summed E-state index contributed by atoms with van der Waals surface area (Å²) in [5.41, 5.74) is 8.79. The Morgan fingerprint density at radius 3 is 2.43 bits per heavy atom. The van der Waals surface area contributed by atoms with Gasteiger partial charge in [0.15, 0.2) is 0 Å². The van der Waals surface area contributed by atoms with Crippen LogP contribution in [-0.4, -0.2) is 21.6 Å². The monoisotopic (exact) mass is 325 g/mol. The number of phenols is 1. The molecule has 0 saturated carbocycles. The minimum atomic E-state index is 0.259. The van der Waals surface area contributed by atoms with Gasteiger partial charge in [0.2, 0.25) is 0 Å². The zero-order valence-electron chi connectivity index (χ0n) is 12.9. The lowest BCUT2D eigenvalue weighted by Crippen LogP contribution is -2.04. The van der Waals surface area contributed by atoms with Crippen molar-refractivity contribution in [3.8, 4) is 27.6 Å². The van der Waals surface area contributed by atoms with Gasteiger partial charge in [-0.2, -0.15) is 0 Å². The van der Waals surface area contributed by atoms with Gasteiger partial charge < -0.3 is 10.8 Å². The summed E-state index contributed by atoms with van der Waals surface area (Å²) in [4.78, 5) is 10.1. The van der Waals surface area contributed by atoms with Crippen molar-refractivity contribution in [1.82, 2.24) is 9.97 Å². The fourth-order valence-electron chi connectivity index (χ4n) is 2.49. The van der Waals surface area contributed by atoms with E-state index in [2.05, 4.69) is 11.9 Å². The first-order valence-corrected chi connectivity index (χ1v) is 8.41. The summed E-state index contributed by atoms with van der Waals surface area (Å²) in [5, 5.41) is 10.5. The minimum absolute atomic E-state index is 0.259. The van der Waals surface area contributed by atoms with Gasteiger partial charge in [-0.25, -0.2) is 4.98 Å². The number of nitrogens with zero attached hydrogens (tertiary/aromatic N) is 2. The summed E-state index contributed by atoms with van der Waals surface area (Å²) in [6.07, 6.45) is 4.48. The van der Waals surface area contributed by atoms with Crippen molar-refractivity contribution in [3.05, 3.63) is 53.7 Å². The summed E-state index contributed by atoms with van der Waals surface area (Å²) >= 11 is 1.70. The molecule has 0 saturated heterocycles. The molecule has 0 aliphatic rings. The smallest absolute Gasteiger partial charge is 0.124 e. The first-order valence-electron chi connectivity index (χ1n) is 7.59. The largest absolute Gasteiger partial charge is 0.508 e. The van der Waals surface area contributed by atoms with Crippen LogP contribution < -0.4 is 5.73 Å². The SMILES string of the molecule is CC(CCN)c1sc(-c2ccncc2)nc1-c1ccc(O)cc1. The fraction of sp³-hybridized carbons (Fsp3) is 0.222. The van der Waals surface area contributed by atoms with Crippen molar-refractivity contribution in [2.45, 2.75) is 19.3 Å². The molecule has 0 bridgehead atoms. The molecule has 2 aromatic heterocycles. The molecule has 5 heteroatoms. The first-order chi connectivity index (χ1) is 11.2. The molecule has 0 aliphatic carbocycles. The summed E-state index contributed by atoms with van der Waals surface area (Å²) in [7, 11) is 0. The maximum absolute atomic E-state index is 9.51. The molecule has 1 unspecified atom stereocenters. The van der Waals surface area contributed by atoms with E-state index < -0.39 is 0 Å². The number of aromatic hydroxyl groups is 1. The quantitative estimate of drug-likeness (QED) is 0.743. The highest BCUT2D eigenvalue weighted by atomic mass is 32.1. The number of hydrogen-bond donors (Lipinski definition) is 2. The van der Waals surface area contributed by atoms with E-state index in [0.717, 1.165) is 28.2 Å². The van der Waals surface area contributed by atoms with Gasteiger partial charge in [0.05, 0.1) is 5.69 Å². The summed E-state index contributed by atoms with van der Waals surface area (Å²) in [5.74, 6) is 0.604. The third-order valence-corrected chi connectivity index (χ3v) is 5.10. The predicted octanol–water partition coefficient (Wildman–Crippen LogP) is 4.03. The number of phenolic OH excluding ortho intramolecular Hbond substituents is 1. The van der Waals surface area contributed by atoms with Crippen LogP contribution in [0.1, 0.15) is 24.1 Å². The average Bonchev–Trinajstić information content (AvgIpc) is 3.02. The average molecular weight is 325 g/mol. The van der Waals surface area contributed by atoms with Crippen LogP contribution in [-0.2, 0) is 0 Å². The van der Waals surface area contributed by atoms with Gasteiger partial charge in [0.25, 0.3) is 0 Å². The van der Waals surface area contributed by atoms with Gasteiger partial charge in [-0.1, -0.05) is 6.92 Å². The fourth-order valence-corrected chi connectivity index (χ4v) is 3.67. The van der Waals surface area contributed by atoms with Crippen LogP contribution in [0.2, 0.25) is 0 Å². The van der Waals surface area contributed by atoms with E-state index in [1.165, 1.54) is 4.88 Å². The van der Waals surface area contributed by atoms with Crippen LogP contribution in [0.5, 0.6) is 5.75 Å². The van der Waals surface area contributed by atoms with Crippen LogP contribution >= 0.6 is 11.3 Å². The number of aromatic nitrogens is 2. The molecule has 3 rings (SSSR count). The Morgan fingerprint density at radius 1 is 1.09 bits per heavy atom. The van der Waals surface area contributed by atoms with E-state index in [0.29, 0.717) is 12.5 Å². The Bertz CT molecular complexity index is 769. The molecule has 0 spiro atoms. The Kier molecular flexibility index (Phi) is 4.69. The van der Waals surface area contributed by atoms with E-state index in [4.69, 9.17) is 10.7 Å². The zero-order valence-corrected chi connectivity index (χ0v) is 13.8. The molecule has 0 aliphatic heterocycles. The van der Waals surface area contributed by atoms with Crippen molar-refractivity contribution >= 4 is 11.3 Å². The highest BCUT2D eigenvalue weighted by molar-refractivity contribution is 7.15. The standard InChI is InChI=1S/C18H19N3OS/c1-12(6-9-19)17-16(13-2-4-15(22)5-3-13)21-18(23-17)14-7-10-20-11-8-14/h2-5,7-8,10-12,22H,6,9,19H2,1H3. The van der Waals surface area contributed by atoms with Crippen molar-refractivity contribution in [1.29, 1.82) is 0 Å². The molecule has 23 heavy (non-hydrogen) atoms. The predicted molar refractivity (Wildman–Crippen MR) is 94.5 cm³/mol. The van der Waals surface area contributed by atoms with Crippen LogP contribution in [0.15, 0.2) is 48.8 Å². The van der Waals surface area contributed by atoms with Crippen LogP contribution in [0.25, 0.3) is 21.8 Å². The molecule has 4 nitrogen and oxygen atoms in total. The van der Waals surface area contributed by atoms with Gasteiger partial charge >= 0.3 is 0 Å². The number of pyridine rings is 1. The summed E-state index contributed by atoms with van der Waals surface area (Å²) < 4.78 is 0. The first kappa shape index (κ1) is 15.6. The molecular weight excluding hydrogens is 306 g/mol. The van der Waals surface area contributed by atoms with Gasteiger partial charge in [0.1, 0.15) is 10.8 Å². The van der Waals surface area contributed by atoms with Crippen LogP contribution in [0, 0.1) is 0 Å².